The molecule has 1 amide bonds. The van der Waals surface area contributed by atoms with Gasteiger partial charge in [-0.2, -0.15) is 5.10 Å². The Balaban J connectivity index is 1.35. The van der Waals surface area contributed by atoms with E-state index in [0.717, 1.165) is 11.1 Å². The van der Waals surface area contributed by atoms with Crippen molar-refractivity contribution in [2.45, 2.75) is 20.0 Å². The number of carbonyl (C=O) groups excluding carboxylic acids is 1. The van der Waals surface area contributed by atoms with Crippen LogP contribution in [0.1, 0.15) is 11.1 Å². The predicted molar refractivity (Wildman–Crippen MR) is 122 cm³/mol. The maximum Gasteiger partial charge on any atom is 0.264 e. The van der Waals surface area contributed by atoms with E-state index in [1.165, 1.54) is 17.1 Å². The normalized spacial score (nSPS) is 10.9. The van der Waals surface area contributed by atoms with Crippen molar-refractivity contribution in [2.75, 3.05) is 13.2 Å². The van der Waals surface area contributed by atoms with Crippen LogP contribution in [0.4, 0.5) is 0 Å². The number of aryl methyl sites for hydroxylation is 1. The molecule has 0 aliphatic rings. The summed E-state index contributed by atoms with van der Waals surface area (Å²) in [5.41, 5.74) is 2.26. The highest BCUT2D eigenvalue weighted by molar-refractivity contribution is 6.30. The molecule has 0 atom stereocenters. The number of ether oxygens (including phenoxy) is 1. The zero-order valence-corrected chi connectivity index (χ0v) is 18.2. The lowest BCUT2D eigenvalue weighted by Gasteiger charge is -2.09. The zero-order chi connectivity index (χ0) is 22.5. The number of rotatable bonds is 8. The van der Waals surface area contributed by atoms with Gasteiger partial charge in [-0.05, 0) is 42.3 Å². The third kappa shape index (κ3) is 5.15. The van der Waals surface area contributed by atoms with Gasteiger partial charge in [0.1, 0.15) is 17.5 Å². The van der Waals surface area contributed by atoms with Gasteiger partial charge in [0.05, 0.1) is 19.3 Å². The molecular formula is C23H22ClN5O3. The number of carbonyl (C=O) groups is 1. The third-order valence-electron chi connectivity index (χ3n) is 4.87. The van der Waals surface area contributed by atoms with Gasteiger partial charge >= 0.3 is 0 Å². The van der Waals surface area contributed by atoms with Crippen molar-refractivity contribution in [2.24, 2.45) is 0 Å². The number of hydrogen-bond donors (Lipinski definition) is 1. The molecule has 4 aromatic rings. The fourth-order valence-electron chi connectivity index (χ4n) is 3.31. The van der Waals surface area contributed by atoms with Gasteiger partial charge in [-0.1, -0.05) is 35.9 Å². The van der Waals surface area contributed by atoms with Crippen LogP contribution in [-0.2, 0) is 17.9 Å². The van der Waals surface area contributed by atoms with Gasteiger partial charge in [0.25, 0.3) is 11.5 Å². The molecule has 0 aliphatic heterocycles. The summed E-state index contributed by atoms with van der Waals surface area (Å²) < 4.78 is 8.61. The summed E-state index contributed by atoms with van der Waals surface area (Å²) >= 11 is 6.02. The Morgan fingerprint density at radius 1 is 1.19 bits per heavy atom. The number of nitrogens with one attached hydrogen (secondary N) is 1. The minimum Gasteiger partial charge on any atom is -0.484 e. The molecule has 4 rings (SSSR count). The summed E-state index contributed by atoms with van der Waals surface area (Å²) in [7, 11) is 0. The highest BCUT2D eigenvalue weighted by atomic mass is 35.5. The van der Waals surface area contributed by atoms with E-state index in [0.29, 0.717) is 41.4 Å². The van der Waals surface area contributed by atoms with Crippen molar-refractivity contribution in [3.05, 3.63) is 87.6 Å². The quantitative estimate of drug-likeness (QED) is 0.445. The molecule has 0 radical (unpaired) electrons. The van der Waals surface area contributed by atoms with Crippen LogP contribution in [0, 0.1) is 6.92 Å². The number of nitrogens with zero attached hydrogens (tertiary/aromatic N) is 4. The van der Waals surface area contributed by atoms with E-state index in [1.54, 1.807) is 16.8 Å². The van der Waals surface area contributed by atoms with Crippen LogP contribution in [0.2, 0.25) is 5.02 Å². The topological polar surface area (TPSA) is 91.0 Å². The first-order valence-corrected chi connectivity index (χ1v) is 10.5. The minimum atomic E-state index is -0.236. The van der Waals surface area contributed by atoms with Gasteiger partial charge < -0.3 is 10.1 Å². The standard InChI is InChI=1S/C23H22ClN5O3/c1-16-4-2-7-19(10-16)32-14-21(30)25-8-9-29-22-20(12-27-29)23(31)28(15-26-22)13-17-5-3-6-18(24)11-17/h2-7,10-12,15H,8-9,13-14H2,1H3,(H,25,30). The molecule has 9 heteroatoms. The molecule has 0 aliphatic carbocycles. The average molecular weight is 452 g/mol. The fraction of sp³-hybridized carbons (Fsp3) is 0.217. The summed E-state index contributed by atoms with van der Waals surface area (Å²) in [5, 5.41) is 8.08. The van der Waals surface area contributed by atoms with Crippen LogP contribution in [0.3, 0.4) is 0 Å². The molecule has 2 aromatic carbocycles. The molecule has 8 nitrogen and oxygen atoms in total. The molecule has 0 saturated carbocycles. The summed E-state index contributed by atoms with van der Waals surface area (Å²) in [5.74, 6) is 0.413. The monoisotopic (exact) mass is 451 g/mol. The first-order chi connectivity index (χ1) is 15.5. The van der Waals surface area contributed by atoms with Crippen molar-refractivity contribution in [1.29, 1.82) is 0 Å². The van der Waals surface area contributed by atoms with Gasteiger partial charge in [0.15, 0.2) is 12.3 Å². The number of aromatic nitrogens is 4. The lowest BCUT2D eigenvalue weighted by molar-refractivity contribution is -0.123. The SMILES string of the molecule is Cc1cccc(OCC(=O)NCCn2ncc3c(=O)n(Cc4cccc(Cl)c4)cnc32)c1. The lowest BCUT2D eigenvalue weighted by atomic mass is 10.2. The number of benzene rings is 2. The summed E-state index contributed by atoms with van der Waals surface area (Å²) in [6, 6.07) is 14.8. The highest BCUT2D eigenvalue weighted by Crippen LogP contribution is 2.13. The number of fused-ring (bicyclic) bond motifs is 1. The molecule has 0 spiro atoms. The first kappa shape index (κ1) is 21.6. The molecule has 1 N–H and O–H groups in total. The maximum absolute atomic E-state index is 12.8. The molecule has 2 heterocycles. The summed E-state index contributed by atoms with van der Waals surface area (Å²) in [6.45, 7) is 2.96. The van der Waals surface area contributed by atoms with Crippen LogP contribution in [0.25, 0.3) is 11.0 Å². The molecule has 164 valence electrons. The Bertz CT molecular complexity index is 1310. The molecule has 2 aromatic heterocycles. The Kier molecular flexibility index (Phi) is 6.51. The minimum absolute atomic E-state index is 0.0736. The number of amides is 1. The Hall–Kier alpha value is -3.65. The second-order valence-corrected chi connectivity index (χ2v) is 7.80. The molecule has 0 fully saturated rings. The fourth-order valence-corrected chi connectivity index (χ4v) is 3.52. The summed E-state index contributed by atoms with van der Waals surface area (Å²) in [6.07, 6.45) is 3.00. The van der Waals surface area contributed by atoms with Crippen LogP contribution >= 0.6 is 11.6 Å². The van der Waals surface area contributed by atoms with Crippen LogP contribution in [0.5, 0.6) is 5.75 Å². The average Bonchev–Trinajstić information content (AvgIpc) is 3.18. The largest absolute Gasteiger partial charge is 0.484 e. The van der Waals surface area contributed by atoms with E-state index in [1.807, 2.05) is 43.3 Å². The Morgan fingerprint density at radius 3 is 2.84 bits per heavy atom. The second kappa shape index (κ2) is 9.65. The third-order valence-corrected chi connectivity index (χ3v) is 5.10. The number of halogens is 1. The van der Waals surface area contributed by atoms with Crippen molar-refractivity contribution in [1.82, 2.24) is 24.6 Å². The van der Waals surface area contributed by atoms with Crippen molar-refractivity contribution >= 4 is 28.5 Å². The molecule has 0 unspecified atom stereocenters. The van der Waals surface area contributed by atoms with Crippen molar-refractivity contribution < 1.29 is 9.53 Å². The zero-order valence-electron chi connectivity index (χ0n) is 17.5. The van der Waals surface area contributed by atoms with Crippen LogP contribution in [-0.4, -0.2) is 38.4 Å². The van der Waals surface area contributed by atoms with Crippen molar-refractivity contribution in [3.8, 4) is 5.75 Å². The van der Waals surface area contributed by atoms with Gasteiger partial charge in [0.2, 0.25) is 0 Å². The van der Waals surface area contributed by atoms with E-state index in [2.05, 4.69) is 15.4 Å². The van der Waals surface area contributed by atoms with Gasteiger partial charge in [-0.15, -0.1) is 0 Å². The van der Waals surface area contributed by atoms with E-state index >= 15 is 0 Å². The lowest BCUT2D eigenvalue weighted by Crippen LogP contribution is -2.31. The predicted octanol–water partition coefficient (Wildman–Crippen LogP) is 2.80. The van der Waals surface area contributed by atoms with Gasteiger partial charge in [0, 0.05) is 11.6 Å². The molecular weight excluding hydrogens is 430 g/mol. The van der Waals surface area contributed by atoms with Crippen LogP contribution in [0.15, 0.2) is 65.8 Å². The highest BCUT2D eigenvalue weighted by Gasteiger charge is 2.11. The number of hydrogen-bond acceptors (Lipinski definition) is 5. The van der Waals surface area contributed by atoms with Gasteiger partial charge in [-0.25, -0.2) is 9.67 Å². The van der Waals surface area contributed by atoms with E-state index in [-0.39, 0.29) is 18.1 Å². The summed E-state index contributed by atoms with van der Waals surface area (Å²) in [4.78, 5) is 29.2. The smallest absolute Gasteiger partial charge is 0.264 e. The first-order valence-electron chi connectivity index (χ1n) is 10.1. The Labute approximate surface area is 189 Å². The maximum atomic E-state index is 12.8. The molecule has 32 heavy (non-hydrogen) atoms. The van der Waals surface area contributed by atoms with Gasteiger partial charge in [-0.3, -0.25) is 14.2 Å². The molecule has 0 bridgehead atoms. The molecule has 0 saturated heterocycles. The Morgan fingerprint density at radius 2 is 2.03 bits per heavy atom. The second-order valence-electron chi connectivity index (χ2n) is 7.37. The van der Waals surface area contributed by atoms with Crippen molar-refractivity contribution in [3.63, 3.8) is 0 Å². The van der Waals surface area contributed by atoms with Crippen LogP contribution < -0.4 is 15.6 Å². The van der Waals surface area contributed by atoms with E-state index in [9.17, 15) is 9.59 Å². The van der Waals surface area contributed by atoms with E-state index < -0.39 is 0 Å². The van der Waals surface area contributed by atoms with E-state index in [4.69, 9.17) is 16.3 Å².